The summed E-state index contributed by atoms with van der Waals surface area (Å²) in [6.45, 7) is 1.63. The molecule has 1 aromatic heterocycles. The first-order valence-electron chi connectivity index (χ1n) is 10.7. The van der Waals surface area contributed by atoms with Crippen molar-refractivity contribution < 1.29 is 18.7 Å². The van der Waals surface area contributed by atoms with Gasteiger partial charge in [-0.3, -0.25) is 9.59 Å². The van der Waals surface area contributed by atoms with Gasteiger partial charge in [0.05, 0.1) is 5.56 Å². The Balaban J connectivity index is 1.34. The summed E-state index contributed by atoms with van der Waals surface area (Å²) in [7, 11) is 0. The second kappa shape index (κ2) is 9.64. The van der Waals surface area contributed by atoms with Crippen molar-refractivity contribution in [3.05, 3.63) is 58.5 Å². The van der Waals surface area contributed by atoms with E-state index in [9.17, 15) is 14.0 Å². The molecule has 1 saturated carbocycles. The van der Waals surface area contributed by atoms with Gasteiger partial charge in [-0.25, -0.2) is 9.37 Å². The number of carbonyl (C=O) groups is 2. The number of nitrogens with zero attached hydrogens (tertiary/aromatic N) is 3. The van der Waals surface area contributed by atoms with E-state index in [0.717, 1.165) is 25.7 Å². The van der Waals surface area contributed by atoms with E-state index in [0.29, 0.717) is 48.2 Å². The largest absolute Gasteiger partial charge is 0.473 e. The molecule has 164 valence electrons. The van der Waals surface area contributed by atoms with E-state index in [-0.39, 0.29) is 23.7 Å². The molecule has 0 radical (unpaired) electrons. The van der Waals surface area contributed by atoms with Crippen LogP contribution in [0.25, 0.3) is 0 Å². The number of rotatable bonds is 4. The van der Waals surface area contributed by atoms with Gasteiger partial charge in [-0.05, 0) is 56.0 Å². The van der Waals surface area contributed by atoms with Crippen LogP contribution >= 0.6 is 11.6 Å². The van der Waals surface area contributed by atoms with Gasteiger partial charge < -0.3 is 14.5 Å². The highest BCUT2D eigenvalue weighted by Gasteiger charge is 2.26. The molecule has 2 aliphatic rings. The van der Waals surface area contributed by atoms with E-state index in [1.54, 1.807) is 15.9 Å². The minimum Gasteiger partial charge on any atom is -0.473 e. The lowest BCUT2D eigenvalue weighted by atomic mass is 9.98. The molecule has 2 amide bonds. The zero-order chi connectivity index (χ0) is 21.8. The molecular formula is C23H25ClFN3O3. The van der Waals surface area contributed by atoms with Crippen LogP contribution in [0.4, 0.5) is 4.39 Å². The zero-order valence-electron chi connectivity index (χ0n) is 17.2. The number of aromatic nitrogens is 1. The summed E-state index contributed by atoms with van der Waals surface area (Å²) < 4.78 is 19.0. The summed E-state index contributed by atoms with van der Waals surface area (Å²) in [5.74, 6) is -0.345. The van der Waals surface area contributed by atoms with Gasteiger partial charge in [0.2, 0.25) is 5.88 Å². The minimum absolute atomic E-state index is 0.132. The van der Waals surface area contributed by atoms with Crippen molar-refractivity contribution in [2.75, 3.05) is 26.2 Å². The standard InChI is InChI=1S/C23H25ClFN3O3/c24-20-14-17(15-26-21(20)31-19-4-2-1-3-5-19)23(30)28-12-10-27(11-13-28)22(29)16-6-8-18(25)9-7-16/h6-9,14-15,19H,1-5,10-13H2. The van der Waals surface area contributed by atoms with Crippen LogP contribution in [0, 0.1) is 5.82 Å². The molecule has 0 N–H and O–H groups in total. The number of benzene rings is 1. The van der Waals surface area contributed by atoms with Crippen molar-refractivity contribution in [1.82, 2.24) is 14.8 Å². The van der Waals surface area contributed by atoms with Crippen molar-refractivity contribution >= 4 is 23.4 Å². The molecule has 0 unspecified atom stereocenters. The number of pyridine rings is 1. The number of ether oxygens (including phenoxy) is 1. The monoisotopic (exact) mass is 445 g/mol. The van der Waals surface area contributed by atoms with E-state index in [4.69, 9.17) is 16.3 Å². The fourth-order valence-electron chi connectivity index (χ4n) is 4.04. The van der Waals surface area contributed by atoms with Gasteiger partial charge in [-0.15, -0.1) is 0 Å². The molecule has 0 bridgehead atoms. The molecule has 0 spiro atoms. The van der Waals surface area contributed by atoms with Gasteiger partial charge in [0.25, 0.3) is 11.8 Å². The number of piperazine rings is 1. The van der Waals surface area contributed by atoms with Gasteiger partial charge in [0.1, 0.15) is 16.9 Å². The van der Waals surface area contributed by atoms with E-state index in [2.05, 4.69) is 4.98 Å². The second-order valence-electron chi connectivity index (χ2n) is 7.98. The smallest absolute Gasteiger partial charge is 0.255 e. The third-order valence-electron chi connectivity index (χ3n) is 5.83. The molecule has 2 fully saturated rings. The summed E-state index contributed by atoms with van der Waals surface area (Å²) in [6.07, 6.45) is 7.16. The van der Waals surface area contributed by atoms with E-state index in [1.807, 2.05) is 0 Å². The Morgan fingerprint density at radius 2 is 1.52 bits per heavy atom. The first kappa shape index (κ1) is 21.6. The normalized spacial score (nSPS) is 17.5. The molecule has 6 nitrogen and oxygen atoms in total. The Morgan fingerprint density at radius 1 is 0.935 bits per heavy atom. The Labute approximate surface area is 186 Å². The highest BCUT2D eigenvalue weighted by atomic mass is 35.5. The zero-order valence-corrected chi connectivity index (χ0v) is 18.0. The maximum atomic E-state index is 13.1. The summed E-state index contributed by atoms with van der Waals surface area (Å²) in [6, 6.07) is 7.08. The first-order valence-corrected chi connectivity index (χ1v) is 11.1. The van der Waals surface area contributed by atoms with Crippen molar-refractivity contribution in [3.63, 3.8) is 0 Å². The quantitative estimate of drug-likeness (QED) is 0.708. The molecule has 4 rings (SSSR count). The van der Waals surface area contributed by atoms with Gasteiger partial charge in [0, 0.05) is 37.9 Å². The van der Waals surface area contributed by atoms with Crippen LogP contribution in [-0.2, 0) is 0 Å². The predicted octanol–water partition coefficient (Wildman–Crippen LogP) is 4.18. The van der Waals surface area contributed by atoms with Crippen LogP contribution in [0.1, 0.15) is 52.8 Å². The average molecular weight is 446 g/mol. The highest BCUT2D eigenvalue weighted by molar-refractivity contribution is 6.32. The molecule has 1 aliphatic heterocycles. The maximum absolute atomic E-state index is 13.1. The predicted molar refractivity (Wildman–Crippen MR) is 115 cm³/mol. The Hall–Kier alpha value is -2.67. The van der Waals surface area contributed by atoms with Crippen molar-refractivity contribution in [3.8, 4) is 5.88 Å². The number of halogens is 2. The van der Waals surface area contributed by atoms with Crippen LogP contribution < -0.4 is 4.74 Å². The van der Waals surface area contributed by atoms with Crippen molar-refractivity contribution in [1.29, 1.82) is 0 Å². The number of carbonyl (C=O) groups excluding carboxylic acids is 2. The fourth-order valence-corrected chi connectivity index (χ4v) is 4.25. The Morgan fingerprint density at radius 3 is 2.10 bits per heavy atom. The highest BCUT2D eigenvalue weighted by Crippen LogP contribution is 2.28. The van der Waals surface area contributed by atoms with Crippen molar-refractivity contribution in [2.24, 2.45) is 0 Å². The number of hydrogen-bond donors (Lipinski definition) is 0. The molecular weight excluding hydrogens is 421 g/mol. The van der Waals surface area contributed by atoms with Crippen LogP contribution in [0.3, 0.4) is 0 Å². The van der Waals surface area contributed by atoms with E-state index < -0.39 is 0 Å². The summed E-state index contributed by atoms with van der Waals surface area (Å²) in [5, 5.41) is 0.335. The minimum atomic E-state index is -0.380. The molecule has 0 atom stereocenters. The molecule has 1 saturated heterocycles. The third kappa shape index (κ3) is 5.15. The van der Waals surface area contributed by atoms with Crippen molar-refractivity contribution in [2.45, 2.75) is 38.2 Å². The molecule has 2 aromatic rings. The van der Waals surface area contributed by atoms with E-state index in [1.165, 1.54) is 36.9 Å². The molecule has 2 heterocycles. The number of hydrogen-bond acceptors (Lipinski definition) is 4. The molecule has 1 aliphatic carbocycles. The second-order valence-corrected chi connectivity index (χ2v) is 8.39. The molecule has 1 aromatic carbocycles. The topological polar surface area (TPSA) is 62.7 Å². The van der Waals surface area contributed by atoms with Crippen LogP contribution in [-0.4, -0.2) is 58.9 Å². The lowest BCUT2D eigenvalue weighted by Crippen LogP contribution is -2.50. The third-order valence-corrected chi connectivity index (χ3v) is 6.10. The van der Waals surface area contributed by atoms with Gasteiger partial charge in [-0.1, -0.05) is 18.0 Å². The van der Waals surface area contributed by atoms with Gasteiger partial charge in [-0.2, -0.15) is 0 Å². The summed E-state index contributed by atoms with van der Waals surface area (Å²) in [4.78, 5) is 33.1. The van der Waals surface area contributed by atoms with Gasteiger partial charge >= 0.3 is 0 Å². The average Bonchev–Trinajstić information content (AvgIpc) is 2.81. The maximum Gasteiger partial charge on any atom is 0.255 e. The SMILES string of the molecule is O=C(c1ccc(F)cc1)N1CCN(C(=O)c2cnc(OC3CCCCC3)c(Cl)c2)CC1. The number of amides is 2. The molecule has 31 heavy (non-hydrogen) atoms. The fraction of sp³-hybridized carbons (Fsp3) is 0.435. The van der Waals surface area contributed by atoms with Gasteiger partial charge in [0.15, 0.2) is 0 Å². The first-order chi connectivity index (χ1) is 15.0. The Kier molecular flexibility index (Phi) is 6.70. The van der Waals surface area contributed by atoms with Crippen LogP contribution in [0.2, 0.25) is 5.02 Å². The Bertz CT molecular complexity index is 940. The van der Waals surface area contributed by atoms with Crippen LogP contribution in [0.15, 0.2) is 36.5 Å². The summed E-state index contributed by atoms with van der Waals surface area (Å²) in [5.41, 5.74) is 0.838. The van der Waals surface area contributed by atoms with E-state index >= 15 is 0 Å². The lowest BCUT2D eigenvalue weighted by molar-refractivity contribution is 0.0535. The lowest BCUT2D eigenvalue weighted by Gasteiger charge is -2.34. The van der Waals surface area contributed by atoms with Crippen LogP contribution in [0.5, 0.6) is 5.88 Å². The molecule has 8 heteroatoms. The summed E-state index contributed by atoms with van der Waals surface area (Å²) >= 11 is 6.34.